The largest absolute Gasteiger partial charge is 0.310 e. The SMILES string of the molecule is C=Cc1ccc(N(c2ccccc2)c2ccc3c(c2)C(C)(C)c2cc(-c4cc5cc(-c6ccc7c(c6)C(C)(C)c6cc(N(c8ccccc8)c8ccc9ccccc9c8)ccc6-7)c6ccccc6c5c5c4CCC=C5)ccc2-3)cc1/C=C\C. The molecule has 12 aromatic rings. The van der Waals surface area contributed by atoms with Crippen LogP contribution in [0.3, 0.4) is 0 Å². The first-order chi connectivity index (χ1) is 40.6. The Bertz CT molecular complexity index is 4700. The molecule has 0 atom stereocenters. The van der Waals surface area contributed by atoms with E-state index in [0.29, 0.717) is 0 Å². The molecular weight excluding hydrogens is 1000 g/mol. The first kappa shape index (κ1) is 50.2. The van der Waals surface area contributed by atoms with E-state index in [2.05, 4.69) is 306 Å². The molecule has 12 aromatic carbocycles. The maximum Gasteiger partial charge on any atom is 0.0468 e. The molecule has 0 spiro atoms. The summed E-state index contributed by atoms with van der Waals surface area (Å²) in [4.78, 5) is 4.80. The summed E-state index contributed by atoms with van der Waals surface area (Å²) in [7, 11) is 0. The van der Waals surface area contributed by atoms with Gasteiger partial charge in [0.25, 0.3) is 0 Å². The number of para-hydroxylation sites is 2. The molecule has 0 bridgehead atoms. The van der Waals surface area contributed by atoms with Crippen molar-refractivity contribution in [3.8, 4) is 44.5 Å². The quantitative estimate of drug-likeness (QED) is 0.126. The van der Waals surface area contributed by atoms with Crippen LogP contribution in [0.4, 0.5) is 34.1 Å². The lowest BCUT2D eigenvalue weighted by molar-refractivity contribution is 0.660. The van der Waals surface area contributed by atoms with E-state index in [1.165, 1.54) is 110 Å². The van der Waals surface area contributed by atoms with Crippen LogP contribution in [0.25, 0.3) is 95.1 Å². The zero-order chi connectivity index (χ0) is 56.1. The zero-order valence-corrected chi connectivity index (χ0v) is 47.8. The van der Waals surface area contributed by atoms with Crippen LogP contribution in [0.5, 0.6) is 0 Å². The predicted molar refractivity (Wildman–Crippen MR) is 356 cm³/mol. The van der Waals surface area contributed by atoms with Crippen LogP contribution in [0.15, 0.2) is 249 Å². The predicted octanol–water partition coefficient (Wildman–Crippen LogP) is 22.7. The van der Waals surface area contributed by atoms with Crippen molar-refractivity contribution in [3.63, 3.8) is 0 Å². The van der Waals surface area contributed by atoms with Crippen molar-refractivity contribution in [1.82, 2.24) is 0 Å². The molecule has 0 saturated heterocycles. The topological polar surface area (TPSA) is 6.48 Å². The van der Waals surface area contributed by atoms with Crippen LogP contribution in [0, 0.1) is 0 Å². The highest BCUT2D eigenvalue weighted by molar-refractivity contribution is 6.18. The number of fused-ring (bicyclic) bond motifs is 12. The highest BCUT2D eigenvalue weighted by Crippen LogP contribution is 2.55. The number of nitrogens with zero attached hydrogens (tertiary/aromatic N) is 2. The Morgan fingerprint density at radius 1 is 0.398 bits per heavy atom. The molecule has 398 valence electrons. The van der Waals surface area contributed by atoms with Gasteiger partial charge in [-0.05, 0) is 238 Å². The number of rotatable bonds is 10. The second-order valence-electron chi connectivity index (χ2n) is 23.9. The lowest BCUT2D eigenvalue weighted by atomic mass is 9.79. The molecule has 0 saturated carbocycles. The van der Waals surface area contributed by atoms with Crippen molar-refractivity contribution < 1.29 is 0 Å². The summed E-state index contributed by atoms with van der Waals surface area (Å²) in [6, 6.07) is 86.6. The summed E-state index contributed by atoms with van der Waals surface area (Å²) in [5.41, 5.74) is 27.2. The Kier molecular flexibility index (Phi) is 11.8. The number of anilines is 6. The van der Waals surface area contributed by atoms with Crippen LogP contribution in [0.1, 0.15) is 85.5 Å². The minimum absolute atomic E-state index is 0.246. The minimum Gasteiger partial charge on any atom is -0.310 e. The lowest BCUT2D eigenvalue weighted by Crippen LogP contribution is -2.17. The van der Waals surface area contributed by atoms with Gasteiger partial charge in [-0.3, -0.25) is 0 Å². The fraction of sp³-hybridized carbons (Fsp3) is 0.111. The summed E-state index contributed by atoms with van der Waals surface area (Å²) in [5.74, 6) is 0. The molecule has 0 heterocycles. The lowest BCUT2D eigenvalue weighted by Gasteiger charge is -2.28. The van der Waals surface area contributed by atoms with Gasteiger partial charge in [-0.25, -0.2) is 0 Å². The summed E-state index contributed by atoms with van der Waals surface area (Å²) >= 11 is 0. The van der Waals surface area contributed by atoms with Gasteiger partial charge in [-0.1, -0.05) is 198 Å². The van der Waals surface area contributed by atoms with Crippen LogP contribution >= 0.6 is 0 Å². The van der Waals surface area contributed by atoms with Crippen LogP contribution < -0.4 is 9.80 Å². The molecule has 0 aliphatic heterocycles. The van der Waals surface area contributed by atoms with Crippen molar-refractivity contribution >= 4 is 84.7 Å². The minimum atomic E-state index is -0.247. The molecule has 3 aliphatic carbocycles. The number of hydrogen-bond acceptors (Lipinski definition) is 2. The average molecular weight is 1070 g/mol. The molecule has 0 aromatic heterocycles. The van der Waals surface area contributed by atoms with E-state index >= 15 is 0 Å². The smallest absolute Gasteiger partial charge is 0.0468 e. The molecule has 3 aliphatic rings. The maximum atomic E-state index is 4.11. The second kappa shape index (κ2) is 19.5. The molecule has 15 rings (SSSR count). The Hall–Kier alpha value is -9.76. The van der Waals surface area contributed by atoms with Crippen molar-refractivity contribution in [2.24, 2.45) is 0 Å². The third kappa shape index (κ3) is 8.06. The molecule has 2 heteroatoms. The van der Waals surface area contributed by atoms with Gasteiger partial charge in [0.05, 0.1) is 0 Å². The third-order valence-corrected chi connectivity index (χ3v) is 18.5. The number of allylic oxidation sites excluding steroid dienone is 2. The van der Waals surface area contributed by atoms with Crippen LogP contribution in [-0.2, 0) is 17.3 Å². The van der Waals surface area contributed by atoms with Crippen molar-refractivity contribution in [2.45, 2.75) is 58.3 Å². The van der Waals surface area contributed by atoms with E-state index in [1.807, 2.05) is 6.08 Å². The summed E-state index contributed by atoms with van der Waals surface area (Å²) < 4.78 is 0. The molecule has 0 fully saturated rings. The van der Waals surface area contributed by atoms with Crippen LogP contribution in [-0.4, -0.2) is 0 Å². The van der Waals surface area contributed by atoms with Gasteiger partial charge in [0.2, 0.25) is 0 Å². The second-order valence-corrected chi connectivity index (χ2v) is 23.9. The zero-order valence-electron chi connectivity index (χ0n) is 47.8. The van der Waals surface area contributed by atoms with E-state index < -0.39 is 0 Å². The number of hydrogen-bond donors (Lipinski definition) is 0. The monoisotopic (exact) mass is 1060 g/mol. The van der Waals surface area contributed by atoms with E-state index in [0.717, 1.165) is 58.1 Å². The Balaban J connectivity index is 0.818. The summed E-state index contributed by atoms with van der Waals surface area (Å²) in [6.45, 7) is 15.8. The van der Waals surface area contributed by atoms with Crippen molar-refractivity contribution in [1.29, 1.82) is 0 Å². The van der Waals surface area contributed by atoms with E-state index in [9.17, 15) is 0 Å². The van der Waals surface area contributed by atoms with Gasteiger partial charge >= 0.3 is 0 Å². The van der Waals surface area contributed by atoms with Gasteiger partial charge in [0, 0.05) is 45.0 Å². The Morgan fingerprint density at radius 3 is 1.51 bits per heavy atom. The van der Waals surface area contributed by atoms with Gasteiger partial charge in [0.1, 0.15) is 0 Å². The van der Waals surface area contributed by atoms with Crippen molar-refractivity contribution in [3.05, 3.63) is 294 Å². The van der Waals surface area contributed by atoms with Gasteiger partial charge < -0.3 is 9.80 Å². The third-order valence-electron chi connectivity index (χ3n) is 18.5. The molecule has 0 radical (unpaired) electrons. The van der Waals surface area contributed by atoms with Gasteiger partial charge in [0.15, 0.2) is 0 Å². The van der Waals surface area contributed by atoms with Crippen molar-refractivity contribution in [2.75, 3.05) is 9.80 Å². The van der Waals surface area contributed by atoms with E-state index in [1.54, 1.807) is 0 Å². The average Bonchev–Trinajstić information content (AvgIpc) is 3.07. The fourth-order valence-electron chi connectivity index (χ4n) is 14.4. The van der Waals surface area contributed by atoms with E-state index in [-0.39, 0.29) is 10.8 Å². The molecule has 0 unspecified atom stereocenters. The standard InChI is InChI=1S/C81H64N2/c1-7-21-54-44-61(36-32-52(54)8-2)82(59-24-11-9-12-25-59)63-38-42-69-67-40-34-56(48-75(67)80(3,4)77(69)50-63)73-46-58-47-74(66-29-18-20-31-72(66)79(58)71-30-19-17-28-65(71)73)57-35-41-68-70-43-39-64(51-78(70)81(5,6)76(68)49-57)83(60-26-13-10-14-27-60)62-37-33-53-22-15-16-23-55(53)45-62/h7-16,18-27,29-51H,2,17,28H2,1,3-6H3/b21-7-. The maximum absolute atomic E-state index is 4.11. The highest BCUT2D eigenvalue weighted by atomic mass is 15.1. The molecule has 2 nitrogen and oxygen atoms in total. The van der Waals surface area contributed by atoms with Gasteiger partial charge in [-0.15, -0.1) is 0 Å². The molecular formula is C81H64N2. The summed E-state index contributed by atoms with van der Waals surface area (Å²) in [5, 5.41) is 7.67. The molecule has 0 N–H and O–H groups in total. The fourth-order valence-corrected chi connectivity index (χ4v) is 14.4. The van der Waals surface area contributed by atoms with Gasteiger partial charge in [-0.2, -0.15) is 0 Å². The normalized spacial score (nSPS) is 14.1. The van der Waals surface area contributed by atoms with E-state index in [4.69, 9.17) is 0 Å². The number of benzene rings is 12. The van der Waals surface area contributed by atoms with Crippen LogP contribution in [0.2, 0.25) is 0 Å². The first-order valence-electron chi connectivity index (χ1n) is 29.4. The molecule has 0 amide bonds. The highest BCUT2D eigenvalue weighted by Gasteiger charge is 2.38. The first-order valence-corrected chi connectivity index (χ1v) is 29.4. The summed E-state index contributed by atoms with van der Waals surface area (Å²) in [6.07, 6.45) is 13.0. The Morgan fingerprint density at radius 2 is 0.892 bits per heavy atom. The molecule has 83 heavy (non-hydrogen) atoms. The Labute approximate surface area is 488 Å².